The van der Waals surface area contributed by atoms with Gasteiger partial charge < -0.3 is 9.47 Å². The van der Waals surface area contributed by atoms with Gasteiger partial charge in [-0.25, -0.2) is 0 Å². The molecule has 0 saturated heterocycles. The first-order valence-corrected chi connectivity index (χ1v) is 8.43. The molecular formula is C14H15F5O2S. The molecule has 2 rings (SSSR count). The molecule has 0 spiro atoms. The molecular weight excluding hydrogens is 327 g/mol. The minimum Gasteiger partial charge on any atom is -0.355 e. The van der Waals surface area contributed by atoms with Crippen LogP contribution < -0.4 is 0 Å². The quantitative estimate of drug-likeness (QED) is 0.500. The molecule has 2 aromatic carbocycles. The smallest absolute Gasteiger partial charge is 0.290 e. The third kappa shape index (κ3) is 5.43. The van der Waals surface area contributed by atoms with Gasteiger partial charge in [0.1, 0.15) is 5.75 Å². The Balaban J connectivity index is 2.06. The SMILES string of the molecule is COC(CS(F)(F)(F)(F)F)OCc1ccc2ccccc2c1. The highest BCUT2D eigenvalue weighted by molar-refractivity contribution is 8.45. The van der Waals surface area contributed by atoms with Crippen molar-refractivity contribution in [2.24, 2.45) is 0 Å². The van der Waals surface area contributed by atoms with Crippen molar-refractivity contribution in [2.45, 2.75) is 12.9 Å². The summed E-state index contributed by atoms with van der Waals surface area (Å²) in [7, 11) is -8.68. The summed E-state index contributed by atoms with van der Waals surface area (Å²) >= 11 is 0. The van der Waals surface area contributed by atoms with Crippen molar-refractivity contribution in [1.82, 2.24) is 0 Å². The standard InChI is InChI=1S/C14H15F5O2S/c1-20-14(10-22(15,16,17,18)19)21-9-11-6-7-12-4-2-3-5-13(12)8-11/h2-8,14H,9-10H2,1H3. The highest BCUT2D eigenvalue weighted by atomic mass is 32.5. The molecule has 0 radical (unpaired) electrons. The van der Waals surface area contributed by atoms with Crippen LogP contribution in [-0.2, 0) is 16.1 Å². The molecule has 0 saturated carbocycles. The van der Waals surface area contributed by atoms with Crippen LogP contribution in [0.1, 0.15) is 5.56 Å². The van der Waals surface area contributed by atoms with Gasteiger partial charge in [-0.2, -0.15) is 0 Å². The van der Waals surface area contributed by atoms with Crippen molar-refractivity contribution >= 4 is 21.0 Å². The second-order valence-corrected chi connectivity index (χ2v) is 7.54. The summed E-state index contributed by atoms with van der Waals surface area (Å²) < 4.78 is 71.3. The van der Waals surface area contributed by atoms with Crippen molar-refractivity contribution in [3.63, 3.8) is 0 Å². The molecule has 8 heteroatoms. The first-order valence-electron chi connectivity index (χ1n) is 6.31. The Morgan fingerprint density at radius 2 is 1.59 bits per heavy atom. The predicted octanol–water partition coefficient (Wildman–Crippen LogP) is 5.63. The van der Waals surface area contributed by atoms with Gasteiger partial charge in [0, 0.05) is 7.11 Å². The van der Waals surface area contributed by atoms with Gasteiger partial charge in [-0.3, -0.25) is 0 Å². The van der Waals surface area contributed by atoms with E-state index in [1.165, 1.54) is 0 Å². The van der Waals surface area contributed by atoms with Gasteiger partial charge in [-0.05, 0) is 22.4 Å². The Kier molecular flexibility index (Phi) is 3.92. The van der Waals surface area contributed by atoms with Crippen LogP contribution in [0.15, 0.2) is 42.5 Å². The lowest BCUT2D eigenvalue weighted by Gasteiger charge is -2.42. The number of rotatable bonds is 6. The Labute approximate surface area is 124 Å². The van der Waals surface area contributed by atoms with Crippen LogP contribution in [0, 0.1) is 0 Å². The van der Waals surface area contributed by atoms with E-state index in [4.69, 9.17) is 4.74 Å². The van der Waals surface area contributed by atoms with Gasteiger partial charge in [-0.1, -0.05) is 55.8 Å². The fraction of sp³-hybridized carbons (Fsp3) is 0.286. The highest BCUT2D eigenvalue weighted by Crippen LogP contribution is 2.97. The number of fused-ring (bicyclic) bond motifs is 1. The summed E-state index contributed by atoms with van der Waals surface area (Å²) in [6.45, 7) is -0.253. The van der Waals surface area contributed by atoms with E-state index in [0.717, 1.165) is 17.9 Å². The van der Waals surface area contributed by atoms with Crippen molar-refractivity contribution < 1.29 is 28.9 Å². The van der Waals surface area contributed by atoms with Crippen LogP contribution in [-0.4, -0.2) is 19.2 Å². The molecule has 124 valence electrons. The van der Waals surface area contributed by atoms with Crippen LogP contribution >= 0.6 is 10.2 Å². The first kappa shape index (κ1) is 17.0. The fourth-order valence-electron chi connectivity index (χ4n) is 1.96. The van der Waals surface area contributed by atoms with E-state index < -0.39 is 22.3 Å². The predicted molar refractivity (Wildman–Crippen MR) is 77.5 cm³/mol. The lowest BCUT2D eigenvalue weighted by Crippen LogP contribution is -2.28. The largest absolute Gasteiger partial charge is 0.355 e. The van der Waals surface area contributed by atoms with E-state index in [0.29, 0.717) is 5.56 Å². The maximum Gasteiger partial charge on any atom is 0.290 e. The van der Waals surface area contributed by atoms with Crippen LogP contribution in [0.2, 0.25) is 0 Å². The molecule has 1 atom stereocenters. The zero-order valence-corrected chi connectivity index (χ0v) is 12.5. The van der Waals surface area contributed by atoms with E-state index in [1.807, 2.05) is 24.3 Å². The van der Waals surface area contributed by atoms with Gasteiger partial charge in [-0.15, -0.1) is 0 Å². The topological polar surface area (TPSA) is 18.5 Å². The van der Waals surface area contributed by atoms with E-state index in [2.05, 4.69) is 4.74 Å². The van der Waals surface area contributed by atoms with Crippen LogP contribution in [0.3, 0.4) is 0 Å². The Bertz CT molecular complexity index is 672. The maximum atomic E-state index is 12.4. The van der Waals surface area contributed by atoms with Crippen LogP contribution in [0.5, 0.6) is 0 Å². The molecule has 2 nitrogen and oxygen atoms in total. The van der Waals surface area contributed by atoms with Gasteiger partial charge in [0.05, 0.1) is 6.61 Å². The zero-order chi connectivity index (χ0) is 16.5. The molecule has 22 heavy (non-hydrogen) atoms. The molecule has 0 heterocycles. The Morgan fingerprint density at radius 1 is 0.955 bits per heavy atom. The van der Waals surface area contributed by atoms with Crippen LogP contribution in [0.25, 0.3) is 10.8 Å². The van der Waals surface area contributed by atoms with Gasteiger partial charge >= 0.3 is 0 Å². The monoisotopic (exact) mass is 342 g/mol. The number of methoxy groups -OCH3 is 1. The van der Waals surface area contributed by atoms with Gasteiger partial charge in [0.25, 0.3) is 10.2 Å². The van der Waals surface area contributed by atoms with E-state index >= 15 is 0 Å². The number of hydrogen-bond donors (Lipinski definition) is 0. The van der Waals surface area contributed by atoms with Crippen molar-refractivity contribution in [3.8, 4) is 0 Å². The Morgan fingerprint density at radius 3 is 2.18 bits per heavy atom. The van der Waals surface area contributed by atoms with E-state index in [9.17, 15) is 19.4 Å². The number of halogens is 5. The summed E-state index contributed by atoms with van der Waals surface area (Å²) in [6.07, 6.45) is -2.04. The van der Waals surface area contributed by atoms with Gasteiger partial charge in [0.2, 0.25) is 0 Å². The molecule has 1 unspecified atom stereocenters. The summed E-state index contributed by atoms with van der Waals surface area (Å²) in [5.41, 5.74) is 0.572. The molecule has 0 amide bonds. The average molecular weight is 342 g/mol. The average Bonchev–Trinajstić information content (AvgIpc) is 2.40. The molecule has 0 fully saturated rings. The third-order valence-electron chi connectivity index (χ3n) is 2.96. The highest BCUT2D eigenvalue weighted by Gasteiger charge is 2.64. The van der Waals surface area contributed by atoms with Crippen molar-refractivity contribution in [1.29, 1.82) is 0 Å². The van der Waals surface area contributed by atoms with Crippen molar-refractivity contribution in [3.05, 3.63) is 48.0 Å². The van der Waals surface area contributed by atoms with E-state index in [-0.39, 0.29) is 6.61 Å². The maximum absolute atomic E-state index is 12.4. The lowest BCUT2D eigenvalue weighted by molar-refractivity contribution is -0.119. The molecule has 0 aromatic heterocycles. The Hall–Kier alpha value is -1.38. The number of ether oxygens (including phenoxy) is 2. The molecule has 0 aliphatic heterocycles. The zero-order valence-electron chi connectivity index (χ0n) is 11.6. The van der Waals surface area contributed by atoms with Crippen molar-refractivity contribution in [2.75, 3.05) is 12.9 Å². The second kappa shape index (κ2) is 5.07. The molecule has 0 aliphatic carbocycles. The third-order valence-corrected chi connectivity index (χ3v) is 3.87. The number of benzene rings is 2. The van der Waals surface area contributed by atoms with E-state index in [1.54, 1.807) is 18.2 Å². The summed E-state index contributed by atoms with van der Waals surface area (Å²) in [6, 6.07) is 12.6. The number of hydrogen-bond acceptors (Lipinski definition) is 2. The lowest BCUT2D eigenvalue weighted by atomic mass is 10.1. The van der Waals surface area contributed by atoms with Gasteiger partial charge in [0.15, 0.2) is 6.29 Å². The normalized spacial score (nSPS) is 17.0. The summed E-state index contributed by atoms with van der Waals surface area (Å²) in [5.74, 6) is -2.40. The molecule has 2 aromatic rings. The molecule has 0 aliphatic rings. The minimum absolute atomic E-state index is 0.253. The summed E-state index contributed by atoms with van der Waals surface area (Å²) in [5, 5.41) is 1.84. The first-order chi connectivity index (χ1) is 9.95. The minimum atomic E-state index is -9.57. The molecule has 0 N–H and O–H groups in total. The molecule has 0 bridgehead atoms. The second-order valence-electron chi connectivity index (χ2n) is 4.95. The fourth-order valence-corrected chi connectivity index (χ4v) is 2.71. The van der Waals surface area contributed by atoms with Crippen LogP contribution in [0.4, 0.5) is 19.4 Å². The summed E-state index contributed by atoms with van der Waals surface area (Å²) in [4.78, 5) is 0.